The van der Waals surface area contributed by atoms with E-state index in [-0.39, 0.29) is 5.54 Å². The molecule has 0 aromatic carbocycles. The van der Waals surface area contributed by atoms with Crippen molar-refractivity contribution in [2.24, 2.45) is 0 Å². The fourth-order valence-electron chi connectivity index (χ4n) is 2.66. The molecule has 0 aliphatic carbocycles. The first kappa shape index (κ1) is 17.3. The van der Waals surface area contributed by atoms with Crippen LogP contribution in [0.4, 0.5) is 5.82 Å². The Morgan fingerprint density at radius 2 is 2.00 bits per heavy atom. The standard InChI is InChI=1S/C18H25N7/c1-12-14(10-20-24-12)16-21-15-11-19-8-6-13(15)17(22-16)23-18(2,3)7-9-25(4)5/h6,8,10-11H,7,9H2,1-5H3,(H,20,24)(H,21,22,23). The molecule has 0 amide bonds. The van der Waals surface area contributed by atoms with Crippen LogP contribution in [0.2, 0.25) is 0 Å². The normalized spacial score (nSPS) is 12.1. The summed E-state index contributed by atoms with van der Waals surface area (Å²) in [6, 6.07) is 1.95. The lowest BCUT2D eigenvalue weighted by Crippen LogP contribution is -2.35. The van der Waals surface area contributed by atoms with Crippen LogP contribution in [0.1, 0.15) is 26.0 Å². The summed E-state index contributed by atoms with van der Waals surface area (Å²) < 4.78 is 0. The first-order valence-corrected chi connectivity index (χ1v) is 8.41. The second-order valence-electron chi connectivity index (χ2n) is 7.26. The van der Waals surface area contributed by atoms with Gasteiger partial charge < -0.3 is 10.2 Å². The number of anilines is 1. The van der Waals surface area contributed by atoms with Gasteiger partial charge in [0.1, 0.15) is 5.82 Å². The lowest BCUT2D eigenvalue weighted by Gasteiger charge is -2.29. The van der Waals surface area contributed by atoms with Crippen molar-refractivity contribution in [3.63, 3.8) is 0 Å². The van der Waals surface area contributed by atoms with E-state index in [1.807, 2.05) is 13.0 Å². The van der Waals surface area contributed by atoms with E-state index in [1.54, 1.807) is 18.6 Å². The smallest absolute Gasteiger partial charge is 0.165 e. The second kappa shape index (κ2) is 6.76. The third-order valence-corrected chi connectivity index (χ3v) is 4.21. The Kier molecular flexibility index (Phi) is 4.67. The van der Waals surface area contributed by atoms with Crippen LogP contribution in [0, 0.1) is 6.92 Å². The molecular formula is C18H25N7. The maximum absolute atomic E-state index is 4.79. The number of pyridine rings is 1. The summed E-state index contributed by atoms with van der Waals surface area (Å²) in [7, 11) is 4.17. The Morgan fingerprint density at radius 1 is 1.20 bits per heavy atom. The topological polar surface area (TPSA) is 82.6 Å². The summed E-state index contributed by atoms with van der Waals surface area (Å²) in [4.78, 5) is 15.8. The molecule has 7 nitrogen and oxygen atoms in total. The quantitative estimate of drug-likeness (QED) is 0.718. The van der Waals surface area contributed by atoms with E-state index in [4.69, 9.17) is 4.98 Å². The van der Waals surface area contributed by atoms with Gasteiger partial charge in [-0.05, 0) is 53.9 Å². The van der Waals surface area contributed by atoms with Crippen LogP contribution in [-0.2, 0) is 0 Å². The number of nitrogens with one attached hydrogen (secondary N) is 2. The molecule has 0 aliphatic heterocycles. The Bertz CT molecular complexity index is 867. The molecule has 0 atom stereocenters. The highest BCUT2D eigenvalue weighted by molar-refractivity contribution is 5.90. The molecule has 3 aromatic rings. The summed E-state index contributed by atoms with van der Waals surface area (Å²) in [6.07, 6.45) is 6.30. The molecule has 0 spiro atoms. The summed E-state index contributed by atoms with van der Waals surface area (Å²) in [5, 5.41) is 11.6. The molecule has 132 valence electrons. The highest BCUT2D eigenvalue weighted by Gasteiger charge is 2.21. The fraction of sp³-hybridized carbons (Fsp3) is 0.444. The molecule has 0 fully saturated rings. The molecule has 25 heavy (non-hydrogen) atoms. The maximum atomic E-state index is 4.79. The number of rotatable bonds is 6. The number of hydrogen-bond donors (Lipinski definition) is 2. The number of H-pyrrole nitrogens is 1. The molecule has 3 rings (SSSR count). The highest BCUT2D eigenvalue weighted by atomic mass is 15.1. The number of aryl methyl sites for hydroxylation is 1. The molecule has 0 saturated heterocycles. The Morgan fingerprint density at radius 3 is 2.68 bits per heavy atom. The van der Waals surface area contributed by atoms with Crippen molar-refractivity contribution >= 4 is 16.7 Å². The van der Waals surface area contributed by atoms with Gasteiger partial charge in [0, 0.05) is 22.8 Å². The first-order valence-electron chi connectivity index (χ1n) is 8.41. The average molecular weight is 339 g/mol. The molecule has 2 N–H and O–H groups in total. The molecule has 0 aliphatic rings. The average Bonchev–Trinajstić information content (AvgIpc) is 2.99. The lowest BCUT2D eigenvalue weighted by molar-refractivity contribution is 0.356. The molecule has 3 aromatic heterocycles. The fourth-order valence-corrected chi connectivity index (χ4v) is 2.66. The predicted octanol–water partition coefficient (Wildman–Crippen LogP) is 2.87. The van der Waals surface area contributed by atoms with Crippen LogP contribution >= 0.6 is 0 Å². The van der Waals surface area contributed by atoms with Gasteiger partial charge in [-0.25, -0.2) is 9.97 Å². The molecular weight excluding hydrogens is 314 g/mol. The molecule has 0 radical (unpaired) electrons. The third kappa shape index (κ3) is 3.93. The number of aromatic amines is 1. The lowest BCUT2D eigenvalue weighted by atomic mass is 10.00. The van der Waals surface area contributed by atoms with Crippen molar-refractivity contribution in [1.29, 1.82) is 0 Å². The predicted molar refractivity (Wildman–Crippen MR) is 101 cm³/mol. The number of nitrogens with zero attached hydrogens (tertiary/aromatic N) is 5. The van der Waals surface area contributed by atoms with Crippen molar-refractivity contribution in [3.8, 4) is 11.4 Å². The Labute approximate surface area is 147 Å². The van der Waals surface area contributed by atoms with E-state index in [2.05, 4.69) is 58.3 Å². The largest absolute Gasteiger partial charge is 0.365 e. The van der Waals surface area contributed by atoms with Crippen molar-refractivity contribution in [2.45, 2.75) is 32.7 Å². The molecule has 7 heteroatoms. The van der Waals surface area contributed by atoms with Crippen molar-refractivity contribution in [3.05, 3.63) is 30.4 Å². The number of fused-ring (bicyclic) bond motifs is 1. The SMILES string of the molecule is Cc1[nH]ncc1-c1nc(NC(C)(C)CCN(C)C)c2ccncc2n1. The van der Waals surface area contributed by atoms with Crippen LogP contribution in [0.5, 0.6) is 0 Å². The highest BCUT2D eigenvalue weighted by Crippen LogP contribution is 2.28. The minimum atomic E-state index is -0.0997. The molecule has 3 heterocycles. The minimum absolute atomic E-state index is 0.0997. The molecule has 0 unspecified atom stereocenters. The van der Waals surface area contributed by atoms with Crippen LogP contribution in [-0.4, -0.2) is 56.2 Å². The Hall–Kier alpha value is -2.54. The van der Waals surface area contributed by atoms with E-state index >= 15 is 0 Å². The molecule has 0 saturated carbocycles. The second-order valence-corrected chi connectivity index (χ2v) is 7.26. The van der Waals surface area contributed by atoms with Gasteiger partial charge in [0.2, 0.25) is 0 Å². The van der Waals surface area contributed by atoms with Crippen molar-refractivity contribution in [2.75, 3.05) is 26.0 Å². The third-order valence-electron chi connectivity index (χ3n) is 4.21. The van der Waals surface area contributed by atoms with Gasteiger partial charge >= 0.3 is 0 Å². The zero-order chi connectivity index (χ0) is 18.0. The number of hydrogen-bond acceptors (Lipinski definition) is 6. The van der Waals surface area contributed by atoms with Gasteiger partial charge in [-0.1, -0.05) is 0 Å². The van der Waals surface area contributed by atoms with Crippen LogP contribution < -0.4 is 5.32 Å². The van der Waals surface area contributed by atoms with Crippen LogP contribution in [0.25, 0.3) is 22.3 Å². The monoisotopic (exact) mass is 339 g/mol. The zero-order valence-electron chi connectivity index (χ0n) is 15.5. The van der Waals surface area contributed by atoms with E-state index in [0.717, 1.165) is 40.9 Å². The molecule has 0 bridgehead atoms. The van der Waals surface area contributed by atoms with Crippen LogP contribution in [0.15, 0.2) is 24.7 Å². The van der Waals surface area contributed by atoms with Gasteiger partial charge in [0.15, 0.2) is 5.82 Å². The minimum Gasteiger partial charge on any atom is -0.365 e. The van der Waals surface area contributed by atoms with Crippen molar-refractivity contribution in [1.82, 2.24) is 30.0 Å². The van der Waals surface area contributed by atoms with Gasteiger partial charge in [-0.3, -0.25) is 10.1 Å². The zero-order valence-corrected chi connectivity index (χ0v) is 15.5. The van der Waals surface area contributed by atoms with Crippen LogP contribution in [0.3, 0.4) is 0 Å². The van der Waals surface area contributed by atoms with E-state index in [1.165, 1.54) is 0 Å². The first-order chi connectivity index (χ1) is 11.9. The maximum Gasteiger partial charge on any atom is 0.165 e. The van der Waals surface area contributed by atoms with E-state index in [9.17, 15) is 0 Å². The summed E-state index contributed by atoms with van der Waals surface area (Å²) in [5.41, 5.74) is 2.57. The van der Waals surface area contributed by atoms with E-state index < -0.39 is 0 Å². The van der Waals surface area contributed by atoms with Gasteiger partial charge in [0.25, 0.3) is 0 Å². The summed E-state index contributed by atoms with van der Waals surface area (Å²) in [6.45, 7) is 7.34. The van der Waals surface area contributed by atoms with Gasteiger partial charge in [-0.2, -0.15) is 5.10 Å². The summed E-state index contributed by atoms with van der Waals surface area (Å²) >= 11 is 0. The van der Waals surface area contributed by atoms with Gasteiger partial charge in [-0.15, -0.1) is 0 Å². The van der Waals surface area contributed by atoms with E-state index in [0.29, 0.717) is 5.82 Å². The summed E-state index contributed by atoms with van der Waals surface area (Å²) in [5.74, 6) is 1.48. The van der Waals surface area contributed by atoms with Gasteiger partial charge in [0.05, 0.1) is 23.5 Å². The number of aromatic nitrogens is 5. The van der Waals surface area contributed by atoms with Crippen molar-refractivity contribution < 1.29 is 0 Å². The Balaban J connectivity index is 2.02.